The molecule has 0 bridgehead atoms. The Balaban J connectivity index is 1.63. The van der Waals surface area contributed by atoms with Crippen molar-refractivity contribution in [1.29, 1.82) is 0 Å². The van der Waals surface area contributed by atoms with Gasteiger partial charge in [-0.15, -0.1) is 0 Å². The Bertz CT molecular complexity index is 814. The lowest BCUT2D eigenvalue weighted by molar-refractivity contribution is -0.0185. The molecule has 3 nitrogen and oxygen atoms in total. The lowest BCUT2D eigenvalue weighted by Crippen LogP contribution is -2.41. The predicted octanol–water partition coefficient (Wildman–Crippen LogP) is 4.60. The van der Waals surface area contributed by atoms with E-state index >= 15 is 0 Å². The number of methoxy groups -OCH3 is 1. The van der Waals surface area contributed by atoms with E-state index in [9.17, 15) is 0 Å². The Morgan fingerprint density at radius 3 is 2.76 bits per heavy atom. The highest BCUT2D eigenvalue weighted by Crippen LogP contribution is 2.55. The second kappa shape index (κ2) is 5.50. The van der Waals surface area contributed by atoms with Gasteiger partial charge in [-0.1, -0.05) is 18.2 Å². The molecule has 5 rings (SSSR count). The third-order valence-corrected chi connectivity index (χ3v) is 6.51. The molecule has 2 heterocycles. The summed E-state index contributed by atoms with van der Waals surface area (Å²) >= 11 is 0. The lowest BCUT2D eigenvalue weighted by atomic mass is 9.71. The van der Waals surface area contributed by atoms with Crippen LogP contribution in [0.25, 0.3) is 0 Å². The van der Waals surface area contributed by atoms with Crippen LogP contribution in [0.3, 0.4) is 0 Å². The number of fused-ring (bicyclic) bond motifs is 5. The van der Waals surface area contributed by atoms with E-state index in [1.54, 1.807) is 12.7 Å². The molecule has 1 saturated heterocycles. The van der Waals surface area contributed by atoms with Gasteiger partial charge in [-0.05, 0) is 67.5 Å². The molecule has 25 heavy (non-hydrogen) atoms. The number of nitrogens with one attached hydrogen (secondary N) is 1. The van der Waals surface area contributed by atoms with Crippen LogP contribution in [0.15, 0.2) is 36.4 Å². The van der Waals surface area contributed by atoms with Crippen LogP contribution >= 0.6 is 0 Å². The van der Waals surface area contributed by atoms with Crippen molar-refractivity contribution in [3.63, 3.8) is 0 Å². The molecule has 2 aliphatic heterocycles. The third-order valence-electron chi connectivity index (χ3n) is 6.51. The van der Waals surface area contributed by atoms with E-state index in [1.165, 1.54) is 41.6 Å². The highest BCUT2D eigenvalue weighted by molar-refractivity contribution is 5.64. The molecule has 3 aliphatic rings. The molecule has 3 atom stereocenters. The maximum absolute atomic E-state index is 6.43. The monoisotopic (exact) mass is 335 g/mol. The Morgan fingerprint density at radius 1 is 1.12 bits per heavy atom. The van der Waals surface area contributed by atoms with Crippen molar-refractivity contribution in [2.24, 2.45) is 5.92 Å². The normalized spacial score (nSPS) is 29.5. The zero-order valence-corrected chi connectivity index (χ0v) is 15.0. The van der Waals surface area contributed by atoms with Gasteiger partial charge in [0.25, 0.3) is 0 Å². The predicted molar refractivity (Wildman–Crippen MR) is 99.2 cm³/mol. The van der Waals surface area contributed by atoms with Crippen LogP contribution in [0.1, 0.15) is 48.1 Å². The summed E-state index contributed by atoms with van der Waals surface area (Å²) in [5.41, 5.74) is 6.91. The fourth-order valence-corrected chi connectivity index (χ4v) is 5.27. The lowest BCUT2D eigenvalue weighted by Gasteiger charge is -2.44. The van der Waals surface area contributed by atoms with Gasteiger partial charge in [-0.25, -0.2) is 0 Å². The van der Waals surface area contributed by atoms with Gasteiger partial charge in [-0.2, -0.15) is 0 Å². The van der Waals surface area contributed by atoms with Crippen molar-refractivity contribution >= 4 is 5.69 Å². The average molecular weight is 335 g/mol. The van der Waals surface area contributed by atoms with Gasteiger partial charge in [0.1, 0.15) is 5.75 Å². The fraction of sp³-hybridized carbons (Fsp3) is 0.455. The number of anilines is 1. The first-order valence-electron chi connectivity index (χ1n) is 9.40. The van der Waals surface area contributed by atoms with Gasteiger partial charge in [0.05, 0.1) is 18.8 Å². The average Bonchev–Trinajstić information content (AvgIpc) is 3.27. The molecule has 2 aromatic rings. The van der Waals surface area contributed by atoms with Crippen molar-refractivity contribution in [2.75, 3.05) is 19.0 Å². The molecular formula is C22H25NO2. The van der Waals surface area contributed by atoms with E-state index in [-0.39, 0.29) is 11.6 Å². The van der Waals surface area contributed by atoms with Crippen LogP contribution < -0.4 is 10.1 Å². The van der Waals surface area contributed by atoms with Gasteiger partial charge in [0.15, 0.2) is 0 Å². The standard InChI is InChI=1S/C22H25NO2/c1-22-18(12-13-25-22)21(15-6-9-16(24-2)10-7-15)23-19-11-8-14-4-3-5-17(14)20(19)22/h6-11,18,21,23H,3-5,12-13H2,1-2H3/t18-,21+,22-/m0/s1. The number of rotatable bonds is 2. The van der Waals surface area contributed by atoms with Crippen molar-refractivity contribution in [3.05, 3.63) is 58.7 Å². The van der Waals surface area contributed by atoms with Crippen LogP contribution in [0.5, 0.6) is 5.75 Å². The van der Waals surface area contributed by atoms with Crippen molar-refractivity contribution in [1.82, 2.24) is 0 Å². The summed E-state index contributed by atoms with van der Waals surface area (Å²) in [5, 5.41) is 3.86. The Hall–Kier alpha value is -2.00. The van der Waals surface area contributed by atoms with E-state index in [2.05, 4.69) is 48.6 Å². The largest absolute Gasteiger partial charge is 0.497 e. The summed E-state index contributed by atoms with van der Waals surface area (Å²) in [6.45, 7) is 3.16. The van der Waals surface area contributed by atoms with E-state index in [4.69, 9.17) is 9.47 Å². The molecule has 0 amide bonds. The van der Waals surface area contributed by atoms with Crippen molar-refractivity contribution in [3.8, 4) is 5.75 Å². The molecule has 0 aromatic heterocycles. The molecule has 0 saturated carbocycles. The molecular weight excluding hydrogens is 310 g/mol. The van der Waals surface area contributed by atoms with Crippen molar-refractivity contribution in [2.45, 2.75) is 44.2 Å². The van der Waals surface area contributed by atoms with Crippen LogP contribution in [-0.2, 0) is 23.2 Å². The second-order valence-electron chi connectivity index (χ2n) is 7.73. The zero-order valence-electron chi connectivity index (χ0n) is 15.0. The highest BCUT2D eigenvalue weighted by atomic mass is 16.5. The van der Waals surface area contributed by atoms with Crippen LogP contribution in [0.4, 0.5) is 5.69 Å². The minimum Gasteiger partial charge on any atom is -0.497 e. The topological polar surface area (TPSA) is 30.5 Å². The number of benzene rings is 2. The van der Waals surface area contributed by atoms with Crippen LogP contribution in [-0.4, -0.2) is 13.7 Å². The van der Waals surface area contributed by atoms with E-state index in [1.807, 2.05) is 0 Å². The van der Waals surface area contributed by atoms with Gasteiger partial charge in [0, 0.05) is 23.8 Å². The summed E-state index contributed by atoms with van der Waals surface area (Å²) < 4.78 is 11.8. The Labute approximate surface area is 149 Å². The number of hydrogen-bond acceptors (Lipinski definition) is 3. The Kier molecular flexibility index (Phi) is 3.36. The zero-order chi connectivity index (χ0) is 17.0. The number of aryl methyl sites for hydroxylation is 1. The molecule has 1 N–H and O–H groups in total. The molecule has 1 fully saturated rings. The maximum Gasteiger partial charge on any atom is 0.118 e. The van der Waals surface area contributed by atoms with Gasteiger partial charge < -0.3 is 14.8 Å². The molecule has 130 valence electrons. The number of hydrogen-bond donors (Lipinski definition) is 1. The second-order valence-corrected chi connectivity index (χ2v) is 7.73. The minimum atomic E-state index is -0.180. The summed E-state index contributed by atoms with van der Waals surface area (Å²) in [5.74, 6) is 1.36. The highest BCUT2D eigenvalue weighted by Gasteiger charge is 2.51. The van der Waals surface area contributed by atoms with Crippen LogP contribution in [0.2, 0.25) is 0 Å². The fourth-order valence-electron chi connectivity index (χ4n) is 5.27. The molecule has 0 unspecified atom stereocenters. The molecule has 1 aliphatic carbocycles. The summed E-state index contributed by atoms with van der Waals surface area (Å²) in [4.78, 5) is 0. The van der Waals surface area contributed by atoms with Gasteiger partial charge in [-0.3, -0.25) is 0 Å². The van der Waals surface area contributed by atoms with E-state index in [0.717, 1.165) is 18.8 Å². The first-order chi connectivity index (χ1) is 12.2. The summed E-state index contributed by atoms with van der Waals surface area (Å²) in [6.07, 6.45) is 4.78. The SMILES string of the molecule is COc1ccc([C@H]2Nc3ccc4c(c3[C@@]3(C)OCC[C@@H]23)CCC4)cc1. The summed E-state index contributed by atoms with van der Waals surface area (Å²) in [6, 6.07) is 13.4. The smallest absolute Gasteiger partial charge is 0.118 e. The first-order valence-corrected chi connectivity index (χ1v) is 9.40. The molecule has 0 radical (unpaired) electrons. The van der Waals surface area contributed by atoms with E-state index in [0.29, 0.717) is 5.92 Å². The van der Waals surface area contributed by atoms with Crippen LogP contribution in [0, 0.1) is 5.92 Å². The molecule has 2 aromatic carbocycles. The van der Waals surface area contributed by atoms with Gasteiger partial charge in [0.2, 0.25) is 0 Å². The molecule has 3 heteroatoms. The third kappa shape index (κ3) is 2.15. The van der Waals surface area contributed by atoms with Crippen molar-refractivity contribution < 1.29 is 9.47 Å². The number of ether oxygens (including phenoxy) is 2. The summed E-state index contributed by atoms with van der Waals surface area (Å²) in [7, 11) is 1.71. The minimum absolute atomic E-state index is 0.180. The quantitative estimate of drug-likeness (QED) is 0.870. The Morgan fingerprint density at radius 2 is 1.96 bits per heavy atom. The first kappa shape index (κ1) is 15.3. The van der Waals surface area contributed by atoms with E-state index < -0.39 is 0 Å². The maximum atomic E-state index is 6.43. The molecule has 0 spiro atoms. The van der Waals surface area contributed by atoms with Gasteiger partial charge >= 0.3 is 0 Å².